The normalized spacial score (nSPS) is 19.7. The molecule has 3 aliphatic heterocycles. The summed E-state index contributed by atoms with van der Waals surface area (Å²) in [4.78, 5) is 42.3. The first-order chi connectivity index (χ1) is 20.0. The van der Waals surface area contributed by atoms with Crippen LogP contribution in [0, 0.1) is 11.3 Å². The molecule has 0 aromatic heterocycles. The zero-order valence-corrected chi connectivity index (χ0v) is 23.4. The van der Waals surface area contributed by atoms with Gasteiger partial charge in [-0.25, -0.2) is 14.4 Å². The van der Waals surface area contributed by atoms with Gasteiger partial charge in [0.1, 0.15) is 0 Å². The number of nitrogens with one attached hydrogen (secondary N) is 1. The van der Waals surface area contributed by atoms with Gasteiger partial charge in [-0.05, 0) is 102 Å². The van der Waals surface area contributed by atoms with E-state index in [4.69, 9.17) is 34.8 Å². The maximum atomic E-state index is 10.8. The van der Waals surface area contributed by atoms with Gasteiger partial charge in [0.15, 0.2) is 0 Å². The number of carboxylic acid groups (broad SMARTS) is 4. The largest absolute Gasteiger partial charge is 0.490 e. The number of carboxylic acids is 4. The molecule has 3 saturated heterocycles. The quantitative estimate of drug-likeness (QED) is 0.273. The van der Waals surface area contributed by atoms with E-state index in [9.17, 15) is 44.3 Å². The van der Waals surface area contributed by atoms with Crippen molar-refractivity contribution in [2.45, 2.75) is 63.5 Å². The number of likely N-dealkylation sites (tertiary alicyclic amines) is 2. The van der Waals surface area contributed by atoms with Crippen LogP contribution in [0.5, 0.6) is 0 Å². The van der Waals surface area contributed by atoms with Gasteiger partial charge in [0.2, 0.25) is 0 Å². The van der Waals surface area contributed by atoms with Crippen LogP contribution in [0.4, 0.5) is 39.5 Å². The van der Waals surface area contributed by atoms with Crippen LogP contribution in [-0.2, 0) is 19.2 Å². The molecule has 0 amide bonds. The van der Waals surface area contributed by atoms with Crippen molar-refractivity contribution in [1.82, 2.24) is 15.1 Å². The van der Waals surface area contributed by atoms with Crippen LogP contribution in [0.25, 0.3) is 0 Å². The lowest BCUT2D eigenvalue weighted by Gasteiger charge is -2.47. The Morgan fingerprint density at radius 1 is 0.636 bits per heavy atom. The summed E-state index contributed by atoms with van der Waals surface area (Å²) in [5.74, 6) is -8.02. The number of aliphatic carboxylic acids is 4. The summed E-state index contributed by atoms with van der Waals surface area (Å²) in [6.45, 7) is 8.38. The van der Waals surface area contributed by atoms with E-state index >= 15 is 0 Å². The average molecular weight is 666 g/mol. The minimum Gasteiger partial charge on any atom is -0.480 e. The molecule has 3 fully saturated rings. The predicted octanol–water partition coefficient (Wildman–Crippen LogP) is 3.54. The molecule has 44 heavy (non-hydrogen) atoms. The fourth-order valence-corrected chi connectivity index (χ4v) is 4.66. The Bertz CT molecular complexity index is 849. The van der Waals surface area contributed by atoms with Crippen molar-refractivity contribution in [1.29, 1.82) is 0 Å². The van der Waals surface area contributed by atoms with Crippen LogP contribution in [0.3, 0.4) is 0 Å². The fourth-order valence-electron chi connectivity index (χ4n) is 4.66. The van der Waals surface area contributed by atoms with Crippen LogP contribution in [0.1, 0.15) is 44.9 Å². The van der Waals surface area contributed by atoms with Gasteiger partial charge in [0.05, 0.1) is 6.54 Å². The molecule has 0 aromatic rings. The minimum absolute atomic E-state index is 0.221. The van der Waals surface area contributed by atoms with Gasteiger partial charge in [-0.1, -0.05) is 0 Å². The minimum atomic E-state index is -5.08. The molecule has 0 aliphatic carbocycles. The molecule has 11 nitrogen and oxygen atoms in total. The Labute approximate surface area is 246 Å². The summed E-state index contributed by atoms with van der Waals surface area (Å²) in [5, 5.41) is 33.7. The highest BCUT2D eigenvalue weighted by atomic mass is 19.4. The van der Waals surface area contributed by atoms with Gasteiger partial charge in [-0.15, -0.1) is 0 Å². The third kappa shape index (κ3) is 18.1. The summed E-state index contributed by atoms with van der Waals surface area (Å²) >= 11 is 0. The first-order valence-electron chi connectivity index (χ1n) is 13.3. The number of nitrogens with zero attached hydrogens (tertiary/aromatic N) is 2. The van der Waals surface area contributed by atoms with E-state index in [1.54, 1.807) is 0 Å². The van der Waals surface area contributed by atoms with Gasteiger partial charge in [0.25, 0.3) is 0 Å². The van der Waals surface area contributed by atoms with E-state index < -0.39 is 42.4 Å². The van der Waals surface area contributed by atoms with E-state index in [2.05, 4.69) is 15.1 Å². The lowest BCUT2D eigenvalue weighted by molar-refractivity contribution is -0.193. The molecule has 1 spiro atoms. The van der Waals surface area contributed by atoms with E-state index in [-0.39, 0.29) is 6.54 Å². The fraction of sp³-hybridized carbons (Fsp3) is 0.833. The van der Waals surface area contributed by atoms with Crippen molar-refractivity contribution in [2.24, 2.45) is 11.3 Å². The summed E-state index contributed by atoms with van der Waals surface area (Å²) in [6, 6.07) is 0. The topological polar surface area (TPSA) is 168 Å². The summed E-state index contributed by atoms with van der Waals surface area (Å²) in [5.41, 5.74) is 0.514. The number of hydrogen-bond donors (Lipinski definition) is 5. The SMILES string of the molecule is O=C(O)C(F)(F)F.O=C(O)C(F)(F)F.O=C(O)C(F)(F)F.O=C(O)CN1CCC2(CCN(CCC3CCNCC3)CC2)CC1. The molecule has 3 aliphatic rings. The highest BCUT2D eigenvalue weighted by molar-refractivity contribution is 5.73. The first-order valence-corrected chi connectivity index (χ1v) is 13.3. The number of rotatable bonds is 5. The number of piperidine rings is 3. The second-order valence-corrected chi connectivity index (χ2v) is 10.4. The van der Waals surface area contributed by atoms with Gasteiger partial charge in [0, 0.05) is 0 Å². The van der Waals surface area contributed by atoms with Gasteiger partial charge in [-0.2, -0.15) is 39.5 Å². The maximum absolute atomic E-state index is 10.8. The molecule has 0 atom stereocenters. The summed E-state index contributed by atoms with van der Waals surface area (Å²) < 4.78 is 95.2. The van der Waals surface area contributed by atoms with E-state index in [1.807, 2.05) is 0 Å². The molecule has 0 unspecified atom stereocenters. The van der Waals surface area contributed by atoms with Crippen LogP contribution >= 0.6 is 0 Å². The Morgan fingerprint density at radius 2 is 0.955 bits per heavy atom. The third-order valence-electron chi connectivity index (χ3n) is 7.23. The average Bonchev–Trinajstić information content (AvgIpc) is 2.90. The first kappa shape index (κ1) is 41.1. The Morgan fingerprint density at radius 3 is 1.25 bits per heavy atom. The smallest absolute Gasteiger partial charge is 0.480 e. The highest BCUT2D eigenvalue weighted by Gasteiger charge is 2.40. The molecule has 0 saturated carbocycles. The zero-order chi connectivity index (χ0) is 34.4. The van der Waals surface area contributed by atoms with Crippen LogP contribution in [0.15, 0.2) is 0 Å². The maximum Gasteiger partial charge on any atom is 0.490 e. The van der Waals surface area contributed by atoms with E-state index in [0.29, 0.717) is 5.41 Å². The standard InChI is InChI=1S/C18H33N3O2.3C2HF3O2/c22-17(23)15-21-13-6-18(7-14-21)4-11-20(12-5-18)10-3-16-1-8-19-9-2-16;3*3-2(4,5)1(6)7/h16,19H,1-15H2,(H,22,23);3*(H,6,7). The molecule has 3 heterocycles. The van der Waals surface area contributed by atoms with Crippen molar-refractivity contribution >= 4 is 23.9 Å². The number of halogens is 9. The molecule has 20 heteroatoms. The number of hydrogen-bond acceptors (Lipinski definition) is 7. The van der Waals surface area contributed by atoms with Crippen molar-refractivity contribution in [3.63, 3.8) is 0 Å². The molecule has 5 N–H and O–H groups in total. The van der Waals surface area contributed by atoms with Crippen molar-refractivity contribution < 1.29 is 79.1 Å². The molecular weight excluding hydrogens is 629 g/mol. The summed E-state index contributed by atoms with van der Waals surface area (Å²) in [7, 11) is 0. The second-order valence-electron chi connectivity index (χ2n) is 10.4. The monoisotopic (exact) mass is 665 g/mol. The highest BCUT2D eigenvalue weighted by Crippen LogP contribution is 2.41. The summed E-state index contributed by atoms with van der Waals surface area (Å²) in [6.07, 6.45) is -6.12. The molecule has 0 radical (unpaired) electrons. The van der Waals surface area contributed by atoms with Gasteiger partial charge < -0.3 is 30.6 Å². The predicted molar refractivity (Wildman–Crippen MR) is 133 cm³/mol. The lowest BCUT2D eigenvalue weighted by atomic mass is 9.71. The molecule has 0 bridgehead atoms. The molecule has 3 rings (SSSR count). The Balaban J connectivity index is 0.000000721. The van der Waals surface area contributed by atoms with Gasteiger partial charge in [-0.3, -0.25) is 9.69 Å². The second kappa shape index (κ2) is 18.2. The van der Waals surface area contributed by atoms with Crippen molar-refractivity contribution in [2.75, 3.05) is 52.4 Å². The third-order valence-corrected chi connectivity index (χ3v) is 7.23. The van der Waals surface area contributed by atoms with E-state index in [0.717, 1.165) is 19.0 Å². The van der Waals surface area contributed by atoms with Crippen LogP contribution < -0.4 is 5.32 Å². The number of carbonyl (C=O) groups is 4. The van der Waals surface area contributed by atoms with Gasteiger partial charge >= 0.3 is 42.4 Å². The lowest BCUT2D eigenvalue weighted by Crippen LogP contribution is -2.48. The van der Waals surface area contributed by atoms with Crippen LogP contribution in [0.2, 0.25) is 0 Å². The van der Waals surface area contributed by atoms with Crippen molar-refractivity contribution in [3.8, 4) is 0 Å². The van der Waals surface area contributed by atoms with E-state index in [1.165, 1.54) is 77.7 Å². The zero-order valence-electron chi connectivity index (χ0n) is 23.4. The Kier molecular flexibility index (Phi) is 17.0. The number of alkyl halides is 9. The van der Waals surface area contributed by atoms with Crippen LogP contribution in [-0.4, -0.2) is 125 Å². The molecule has 0 aromatic carbocycles. The molecule has 258 valence electrons. The molecular formula is C24H36F9N3O8. The Hall–Kier alpha value is -2.87. The van der Waals surface area contributed by atoms with Crippen molar-refractivity contribution in [3.05, 3.63) is 0 Å².